The average Bonchev–Trinajstić information content (AvgIpc) is 3.43. The number of carboxylic acids is 2. The quantitative estimate of drug-likeness (QED) is 0.483. The third kappa shape index (κ3) is 3.82. The Hall–Kier alpha value is -3.79. The van der Waals surface area contributed by atoms with E-state index in [0.29, 0.717) is 10.4 Å². The van der Waals surface area contributed by atoms with Crippen LogP contribution in [0.15, 0.2) is 54.0 Å². The van der Waals surface area contributed by atoms with Crippen LogP contribution in [0.3, 0.4) is 0 Å². The number of likely N-dealkylation sites (tertiary alicyclic amines) is 1. The zero-order valence-electron chi connectivity index (χ0n) is 17.4. The van der Waals surface area contributed by atoms with Crippen LogP contribution < -0.4 is 5.73 Å². The molecule has 1 aliphatic heterocycles. The monoisotopic (exact) mass is 467 g/mol. The van der Waals surface area contributed by atoms with Gasteiger partial charge in [0.15, 0.2) is 0 Å². The van der Waals surface area contributed by atoms with Crippen molar-refractivity contribution in [3.8, 4) is 0 Å². The highest BCUT2D eigenvalue weighted by Gasteiger charge is 2.61. The van der Waals surface area contributed by atoms with Gasteiger partial charge in [-0.25, -0.2) is 9.78 Å². The number of hydrogen-bond acceptors (Lipinski definition) is 6. The number of nitrogens with zero attached hydrogens (tertiary/aromatic N) is 2. The SMILES string of the molecule is NC(=O)CCC1(C(=O)O)CC(C(=O)O)C(c2nccs2)N1C(=O)c1cccc2ccccc12. The normalized spacial score (nSPS) is 22.4. The fourth-order valence-electron chi connectivity index (χ4n) is 4.62. The molecule has 0 aliphatic carbocycles. The maximum Gasteiger partial charge on any atom is 0.329 e. The number of carbonyl (C=O) groups excluding carboxylic acids is 2. The lowest BCUT2D eigenvalue weighted by molar-refractivity contribution is -0.149. The van der Waals surface area contributed by atoms with E-state index in [1.54, 1.807) is 29.6 Å². The third-order valence-corrected chi connectivity index (χ3v) is 6.97. The lowest BCUT2D eigenvalue weighted by atomic mass is 9.86. The van der Waals surface area contributed by atoms with Crippen LogP contribution >= 0.6 is 11.3 Å². The summed E-state index contributed by atoms with van der Waals surface area (Å²) < 4.78 is 0. The first-order valence-electron chi connectivity index (χ1n) is 10.2. The summed E-state index contributed by atoms with van der Waals surface area (Å²) in [7, 11) is 0. The highest BCUT2D eigenvalue weighted by Crippen LogP contribution is 2.50. The summed E-state index contributed by atoms with van der Waals surface area (Å²) in [6, 6.07) is 11.1. The molecule has 170 valence electrons. The molecule has 4 rings (SSSR count). The number of rotatable bonds is 7. The van der Waals surface area contributed by atoms with E-state index in [1.807, 2.05) is 18.2 Å². The van der Waals surface area contributed by atoms with E-state index >= 15 is 0 Å². The summed E-state index contributed by atoms with van der Waals surface area (Å²) in [5.74, 6) is -5.23. The Morgan fingerprint density at radius 1 is 1.12 bits per heavy atom. The molecule has 1 aliphatic rings. The molecule has 0 bridgehead atoms. The number of amides is 2. The average molecular weight is 468 g/mol. The molecular formula is C23H21N3O6S. The number of aromatic nitrogens is 1. The zero-order valence-corrected chi connectivity index (χ0v) is 18.2. The number of carbonyl (C=O) groups is 4. The van der Waals surface area contributed by atoms with Gasteiger partial charge < -0.3 is 20.8 Å². The van der Waals surface area contributed by atoms with Gasteiger partial charge in [0.2, 0.25) is 5.91 Å². The summed E-state index contributed by atoms with van der Waals surface area (Å²) in [6.45, 7) is 0. The van der Waals surface area contributed by atoms with Crippen molar-refractivity contribution in [2.24, 2.45) is 11.7 Å². The highest BCUT2D eigenvalue weighted by atomic mass is 32.1. The summed E-state index contributed by atoms with van der Waals surface area (Å²) in [4.78, 5) is 55.8. The van der Waals surface area contributed by atoms with Crippen LogP contribution in [0.4, 0.5) is 0 Å². The first-order chi connectivity index (χ1) is 15.8. The van der Waals surface area contributed by atoms with Gasteiger partial charge in [-0.1, -0.05) is 36.4 Å². The molecule has 1 fully saturated rings. The number of nitrogens with two attached hydrogens (primary N) is 1. The molecule has 0 radical (unpaired) electrons. The molecule has 2 heterocycles. The Morgan fingerprint density at radius 2 is 1.85 bits per heavy atom. The van der Waals surface area contributed by atoms with E-state index in [9.17, 15) is 29.4 Å². The van der Waals surface area contributed by atoms with Crippen molar-refractivity contribution >= 4 is 45.9 Å². The molecule has 4 N–H and O–H groups in total. The zero-order chi connectivity index (χ0) is 23.8. The van der Waals surface area contributed by atoms with E-state index in [-0.39, 0.29) is 24.8 Å². The number of primary amides is 1. The molecule has 0 saturated carbocycles. The van der Waals surface area contributed by atoms with Gasteiger partial charge in [-0.3, -0.25) is 14.4 Å². The Bertz CT molecular complexity index is 1240. The molecular weight excluding hydrogens is 446 g/mol. The van der Waals surface area contributed by atoms with Crippen molar-refractivity contribution in [2.45, 2.75) is 30.8 Å². The standard InChI is InChI=1S/C23H21N3O6S/c24-17(27)8-9-23(22(31)32)12-16(21(29)30)18(19-25-10-11-33-19)26(23)20(28)15-7-3-5-13-4-1-2-6-14(13)15/h1-7,10-11,16,18H,8-9,12H2,(H2,24,27)(H,29,30)(H,31,32). The molecule has 1 aromatic heterocycles. The number of thiazole rings is 1. The van der Waals surface area contributed by atoms with Crippen LogP contribution in [0.2, 0.25) is 0 Å². The predicted molar refractivity (Wildman–Crippen MR) is 120 cm³/mol. The van der Waals surface area contributed by atoms with Crippen LogP contribution in [-0.2, 0) is 14.4 Å². The smallest absolute Gasteiger partial charge is 0.329 e. The van der Waals surface area contributed by atoms with Gasteiger partial charge in [-0.05, 0) is 29.7 Å². The second-order valence-corrected chi connectivity index (χ2v) is 8.90. The molecule has 3 aromatic rings. The number of aliphatic carboxylic acids is 2. The van der Waals surface area contributed by atoms with E-state index in [4.69, 9.17) is 5.73 Å². The van der Waals surface area contributed by atoms with Crippen molar-refractivity contribution in [1.82, 2.24) is 9.88 Å². The molecule has 3 unspecified atom stereocenters. The molecule has 2 aromatic carbocycles. The summed E-state index contributed by atoms with van der Waals surface area (Å²) >= 11 is 1.15. The van der Waals surface area contributed by atoms with E-state index in [1.165, 1.54) is 6.20 Å². The summed E-state index contributed by atoms with van der Waals surface area (Å²) in [5.41, 5.74) is 3.60. The summed E-state index contributed by atoms with van der Waals surface area (Å²) in [5, 5.41) is 23.6. The van der Waals surface area contributed by atoms with Gasteiger partial charge in [0.25, 0.3) is 5.91 Å². The van der Waals surface area contributed by atoms with Crippen molar-refractivity contribution in [3.05, 3.63) is 64.6 Å². The number of hydrogen-bond donors (Lipinski definition) is 3. The fraction of sp³-hybridized carbons (Fsp3) is 0.261. The molecule has 0 spiro atoms. The first-order valence-corrected chi connectivity index (χ1v) is 11.1. The minimum Gasteiger partial charge on any atom is -0.481 e. The van der Waals surface area contributed by atoms with Crippen molar-refractivity contribution < 1.29 is 29.4 Å². The number of benzene rings is 2. The molecule has 33 heavy (non-hydrogen) atoms. The highest BCUT2D eigenvalue weighted by molar-refractivity contribution is 7.09. The maximum absolute atomic E-state index is 14.0. The molecule has 10 heteroatoms. The van der Waals surface area contributed by atoms with Gasteiger partial charge in [0, 0.05) is 23.6 Å². The van der Waals surface area contributed by atoms with Crippen molar-refractivity contribution in [2.75, 3.05) is 0 Å². The molecule has 9 nitrogen and oxygen atoms in total. The maximum atomic E-state index is 14.0. The van der Waals surface area contributed by atoms with E-state index < -0.39 is 41.3 Å². The predicted octanol–water partition coefficient (Wildman–Crippen LogP) is 2.67. The van der Waals surface area contributed by atoms with E-state index in [0.717, 1.165) is 21.6 Å². The summed E-state index contributed by atoms with van der Waals surface area (Å²) in [6.07, 6.45) is 0.484. The third-order valence-electron chi connectivity index (χ3n) is 6.12. The van der Waals surface area contributed by atoms with Crippen LogP contribution in [0.5, 0.6) is 0 Å². The van der Waals surface area contributed by atoms with Crippen LogP contribution in [0, 0.1) is 5.92 Å². The van der Waals surface area contributed by atoms with Crippen LogP contribution in [-0.4, -0.2) is 49.4 Å². The Kier molecular flexibility index (Phi) is 5.86. The van der Waals surface area contributed by atoms with Gasteiger partial charge in [0.1, 0.15) is 10.5 Å². The second kappa shape index (κ2) is 8.62. The minimum atomic E-state index is -1.94. The first kappa shape index (κ1) is 22.4. The fourth-order valence-corrected chi connectivity index (χ4v) is 5.41. The lowest BCUT2D eigenvalue weighted by Gasteiger charge is -2.37. The van der Waals surface area contributed by atoms with Gasteiger partial charge in [0.05, 0.1) is 12.0 Å². The molecule has 3 atom stereocenters. The Balaban J connectivity index is 1.94. The Morgan fingerprint density at radius 3 is 2.48 bits per heavy atom. The topological polar surface area (TPSA) is 151 Å². The second-order valence-electron chi connectivity index (χ2n) is 7.97. The van der Waals surface area contributed by atoms with Crippen LogP contribution in [0.1, 0.15) is 40.7 Å². The number of carboxylic acid groups (broad SMARTS) is 2. The number of fused-ring (bicyclic) bond motifs is 1. The molecule has 2 amide bonds. The van der Waals surface area contributed by atoms with Crippen molar-refractivity contribution in [3.63, 3.8) is 0 Å². The Labute approximate surface area is 192 Å². The van der Waals surface area contributed by atoms with Gasteiger partial charge in [-0.15, -0.1) is 11.3 Å². The minimum absolute atomic E-state index is 0.241. The van der Waals surface area contributed by atoms with E-state index in [2.05, 4.69) is 4.98 Å². The molecule has 1 saturated heterocycles. The van der Waals surface area contributed by atoms with Gasteiger partial charge in [-0.2, -0.15) is 0 Å². The van der Waals surface area contributed by atoms with Crippen molar-refractivity contribution in [1.29, 1.82) is 0 Å². The van der Waals surface area contributed by atoms with Gasteiger partial charge >= 0.3 is 11.9 Å². The van der Waals surface area contributed by atoms with Crippen LogP contribution in [0.25, 0.3) is 10.8 Å². The largest absolute Gasteiger partial charge is 0.481 e. The lowest BCUT2D eigenvalue weighted by Crippen LogP contribution is -2.54.